The summed E-state index contributed by atoms with van der Waals surface area (Å²) in [4.78, 5) is 40.1. The minimum absolute atomic E-state index is 0.0339. The lowest BCUT2D eigenvalue weighted by atomic mass is 10.0. The van der Waals surface area contributed by atoms with Crippen LogP contribution < -0.4 is 10.2 Å². The van der Waals surface area contributed by atoms with Crippen LogP contribution in [-0.4, -0.2) is 69.4 Å². The number of carbonyl (C=O) groups is 2. The Labute approximate surface area is 513 Å². The maximum atomic E-state index is 13.6. The fraction of sp³-hybridized carbons (Fsp3) is 0.753. The number of amides is 1. The van der Waals surface area contributed by atoms with Crippen molar-refractivity contribution >= 4 is 19.7 Å². The zero-order valence-corrected chi connectivity index (χ0v) is 55.8. The van der Waals surface area contributed by atoms with Gasteiger partial charge in [0.1, 0.15) is 19.3 Å². The van der Waals surface area contributed by atoms with Crippen molar-refractivity contribution in [2.75, 3.05) is 40.9 Å². The average molecular weight is 1180 g/mol. The molecule has 1 amide bonds. The van der Waals surface area contributed by atoms with Gasteiger partial charge in [-0.2, -0.15) is 0 Å². The molecule has 1 N–H and O–H groups in total. The summed E-state index contributed by atoms with van der Waals surface area (Å²) in [5.41, 5.74) is 0. The first-order valence-electron chi connectivity index (χ1n) is 34.5. The number of quaternary nitrogens is 1. The minimum Gasteiger partial charge on any atom is -0.756 e. The van der Waals surface area contributed by atoms with Crippen LogP contribution in [-0.2, 0) is 27.9 Å². The van der Waals surface area contributed by atoms with Crippen LogP contribution in [0.15, 0.2) is 97.2 Å². The molecule has 0 heterocycles. The lowest BCUT2D eigenvalue weighted by Gasteiger charge is -2.30. The van der Waals surface area contributed by atoms with Gasteiger partial charge in [-0.15, -0.1) is 0 Å². The molecule has 0 aromatic carbocycles. The predicted octanol–water partition coefficient (Wildman–Crippen LogP) is 21.3. The highest BCUT2D eigenvalue weighted by Gasteiger charge is 2.27. The second-order valence-electron chi connectivity index (χ2n) is 24.3. The molecular formula is C73H131N2O7P. The van der Waals surface area contributed by atoms with Crippen molar-refractivity contribution in [3.05, 3.63) is 97.2 Å². The Morgan fingerprint density at radius 2 is 0.747 bits per heavy atom. The number of nitrogens with one attached hydrogen (secondary N) is 1. The van der Waals surface area contributed by atoms with Gasteiger partial charge < -0.3 is 28.5 Å². The van der Waals surface area contributed by atoms with Gasteiger partial charge in [-0.3, -0.25) is 14.2 Å². The molecule has 0 radical (unpaired) electrons. The zero-order chi connectivity index (χ0) is 60.7. The van der Waals surface area contributed by atoms with Gasteiger partial charge in [0.25, 0.3) is 7.82 Å². The second kappa shape index (κ2) is 62.0. The van der Waals surface area contributed by atoms with E-state index in [-0.39, 0.29) is 18.9 Å². The van der Waals surface area contributed by atoms with Crippen LogP contribution in [0.5, 0.6) is 0 Å². The summed E-state index contributed by atoms with van der Waals surface area (Å²) in [5, 5.41) is 3.03. The Bertz CT molecular complexity index is 1740. The molecule has 0 spiro atoms. The van der Waals surface area contributed by atoms with Gasteiger partial charge in [0.05, 0.1) is 33.8 Å². The third-order valence-corrected chi connectivity index (χ3v) is 16.0. The minimum atomic E-state index is -4.72. The van der Waals surface area contributed by atoms with E-state index in [9.17, 15) is 19.0 Å². The average Bonchev–Trinajstić information content (AvgIpc) is 3.47. The summed E-state index contributed by atoms with van der Waals surface area (Å²) in [5.74, 6) is -0.604. The van der Waals surface area contributed by atoms with Crippen molar-refractivity contribution < 1.29 is 37.3 Å². The number of rotatable bonds is 62. The first kappa shape index (κ1) is 79.9. The monoisotopic (exact) mass is 1180 g/mol. The van der Waals surface area contributed by atoms with E-state index < -0.39 is 32.5 Å². The van der Waals surface area contributed by atoms with Gasteiger partial charge >= 0.3 is 5.97 Å². The Hall–Kier alpha value is -3.07. The molecule has 0 rings (SSSR count). The third-order valence-electron chi connectivity index (χ3n) is 15.0. The summed E-state index contributed by atoms with van der Waals surface area (Å²) >= 11 is 0. The van der Waals surface area contributed by atoms with Crippen LogP contribution in [0.3, 0.4) is 0 Å². The SMILES string of the molecule is CCCCC/C=C\C/C=C\C/C=C\C/C=C\CCCC(=O)OC(/C=C\CCCCCCCCCCCCC)C(COP(=O)([O-])OCC[N+](C)(C)C)NC(=O)CCCCCCCCCCCCCCCC/C=C\C/C=C\C/C=C\CCCCC. The highest BCUT2D eigenvalue weighted by Crippen LogP contribution is 2.38. The molecule has 0 aliphatic heterocycles. The first-order chi connectivity index (χ1) is 40.4. The number of hydrogen-bond acceptors (Lipinski definition) is 7. The van der Waals surface area contributed by atoms with Crippen LogP contribution >= 0.6 is 7.82 Å². The smallest absolute Gasteiger partial charge is 0.306 e. The summed E-state index contributed by atoms with van der Waals surface area (Å²) in [6.07, 6.45) is 83.9. The molecule has 0 fully saturated rings. The molecule has 0 aromatic heterocycles. The molecule has 10 heteroatoms. The van der Waals surface area contributed by atoms with Crippen LogP contribution in [0.1, 0.15) is 303 Å². The highest BCUT2D eigenvalue weighted by atomic mass is 31.2. The van der Waals surface area contributed by atoms with E-state index in [1.165, 1.54) is 180 Å². The van der Waals surface area contributed by atoms with Crippen molar-refractivity contribution in [1.82, 2.24) is 5.32 Å². The highest BCUT2D eigenvalue weighted by molar-refractivity contribution is 7.45. The van der Waals surface area contributed by atoms with Crippen molar-refractivity contribution in [3.8, 4) is 0 Å². The molecule has 0 saturated heterocycles. The first-order valence-corrected chi connectivity index (χ1v) is 36.0. The van der Waals surface area contributed by atoms with E-state index in [1.54, 1.807) is 0 Å². The number of allylic oxidation sites excluding steroid dienone is 15. The number of carbonyl (C=O) groups excluding carboxylic acids is 2. The largest absolute Gasteiger partial charge is 0.756 e. The Morgan fingerprint density at radius 3 is 1.14 bits per heavy atom. The van der Waals surface area contributed by atoms with Gasteiger partial charge in [0.15, 0.2) is 0 Å². The molecule has 0 saturated carbocycles. The Balaban J connectivity index is 5.14. The zero-order valence-electron chi connectivity index (χ0n) is 54.9. The van der Waals surface area contributed by atoms with Crippen molar-refractivity contribution in [2.24, 2.45) is 0 Å². The standard InChI is InChI=1S/C73H131N2O7P/c1-7-10-13-16-19-22-25-28-30-32-33-34-35-36-37-38-39-40-41-43-44-47-50-53-56-59-62-65-72(76)74-70(69-81-83(78,79)80-68-67-75(4,5)6)71(64-61-58-55-52-49-46-27-24-21-18-15-12-9-3)82-73(77)66-63-60-57-54-51-48-45-42-31-29-26-23-20-17-14-11-8-2/h19-20,22-23,28-31,33-34,45,48,54,57,61,64,70-71H,7-18,21,24-27,32,35-44,46-47,49-53,55-56,58-60,62-63,65-69H2,1-6H3,(H-,74,76,78,79)/b22-19-,23-20-,30-28-,31-29-,34-33-,48-45-,57-54-,64-61-. The number of hydrogen-bond donors (Lipinski definition) is 1. The fourth-order valence-electron chi connectivity index (χ4n) is 9.64. The Morgan fingerprint density at radius 1 is 0.422 bits per heavy atom. The number of unbranched alkanes of at least 4 members (excludes halogenated alkanes) is 32. The predicted molar refractivity (Wildman–Crippen MR) is 358 cm³/mol. The van der Waals surface area contributed by atoms with Gasteiger partial charge in [0, 0.05) is 12.8 Å². The van der Waals surface area contributed by atoms with Gasteiger partial charge in [-0.05, 0) is 109 Å². The van der Waals surface area contributed by atoms with Crippen LogP contribution in [0.25, 0.3) is 0 Å². The molecule has 0 aliphatic rings. The van der Waals surface area contributed by atoms with Crippen LogP contribution in [0.2, 0.25) is 0 Å². The maximum absolute atomic E-state index is 13.6. The molecule has 0 bridgehead atoms. The van der Waals surface area contributed by atoms with Crippen LogP contribution in [0.4, 0.5) is 0 Å². The van der Waals surface area contributed by atoms with Gasteiger partial charge in [-0.25, -0.2) is 0 Å². The van der Waals surface area contributed by atoms with Gasteiger partial charge in [-0.1, -0.05) is 279 Å². The molecule has 480 valence electrons. The summed E-state index contributed by atoms with van der Waals surface area (Å²) in [7, 11) is 1.15. The number of ether oxygens (including phenoxy) is 1. The molecule has 0 aromatic rings. The quantitative estimate of drug-likeness (QED) is 0.0212. The van der Waals surface area contributed by atoms with E-state index >= 15 is 0 Å². The third kappa shape index (κ3) is 63.3. The lowest BCUT2D eigenvalue weighted by Crippen LogP contribution is -2.47. The fourth-order valence-corrected chi connectivity index (χ4v) is 10.4. The number of phosphoric acid groups is 1. The lowest BCUT2D eigenvalue weighted by molar-refractivity contribution is -0.870. The van der Waals surface area contributed by atoms with Crippen molar-refractivity contribution in [2.45, 2.75) is 315 Å². The van der Waals surface area contributed by atoms with Crippen molar-refractivity contribution in [1.29, 1.82) is 0 Å². The maximum Gasteiger partial charge on any atom is 0.306 e. The summed E-state index contributed by atoms with van der Waals surface area (Å²) in [6, 6.07) is -0.916. The molecule has 3 unspecified atom stereocenters. The van der Waals surface area contributed by atoms with Gasteiger partial charge in [0.2, 0.25) is 5.91 Å². The van der Waals surface area contributed by atoms with E-state index in [0.717, 1.165) is 83.5 Å². The van der Waals surface area contributed by atoms with Crippen molar-refractivity contribution in [3.63, 3.8) is 0 Å². The molecule has 0 aliphatic carbocycles. The summed E-state index contributed by atoms with van der Waals surface area (Å²) < 4.78 is 30.4. The molecular weight excluding hydrogens is 1050 g/mol. The molecule has 83 heavy (non-hydrogen) atoms. The van der Waals surface area contributed by atoms with E-state index in [2.05, 4.69) is 111 Å². The number of esters is 1. The Kier molecular flexibility index (Phi) is 59.7. The normalized spacial score (nSPS) is 14.2. The number of likely N-dealkylation sites (N-methyl/N-ethyl adjacent to an activating group) is 1. The summed E-state index contributed by atoms with van der Waals surface area (Å²) in [6.45, 7) is 6.77. The van der Waals surface area contributed by atoms with E-state index in [0.29, 0.717) is 23.9 Å². The topological polar surface area (TPSA) is 114 Å². The molecule has 3 atom stereocenters. The second-order valence-corrected chi connectivity index (χ2v) is 25.7. The van der Waals surface area contributed by atoms with E-state index in [4.69, 9.17) is 13.8 Å². The van der Waals surface area contributed by atoms with Crippen LogP contribution in [0, 0.1) is 0 Å². The number of phosphoric ester groups is 1. The number of nitrogens with zero attached hydrogens (tertiary/aromatic N) is 1. The van der Waals surface area contributed by atoms with E-state index in [1.807, 2.05) is 33.3 Å². The molecule has 9 nitrogen and oxygen atoms in total.